The predicted molar refractivity (Wildman–Crippen MR) is 118 cm³/mol. The summed E-state index contributed by atoms with van der Waals surface area (Å²) in [7, 11) is 0. The smallest absolute Gasteiger partial charge is 0.238 e. The van der Waals surface area contributed by atoms with Crippen molar-refractivity contribution in [3.63, 3.8) is 0 Å². The van der Waals surface area contributed by atoms with E-state index in [9.17, 15) is 9.18 Å². The molecule has 3 heterocycles. The van der Waals surface area contributed by atoms with Gasteiger partial charge in [-0.15, -0.1) is 11.3 Å². The highest BCUT2D eigenvalue weighted by atomic mass is 32.1. The number of aromatic nitrogens is 2. The van der Waals surface area contributed by atoms with E-state index in [1.807, 2.05) is 25.3 Å². The van der Waals surface area contributed by atoms with Crippen molar-refractivity contribution in [2.24, 2.45) is 0 Å². The number of thiazole rings is 1. The molecule has 0 radical (unpaired) electrons. The fraction of sp³-hybridized carbons (Fsp3) is 0.318. The second kappa shape index (κ2) is 9.32. The van der Waals surface area contributed by atoms with Gasteiger partial charge in [0.2, 0.25) is 5.91 Å². The number of carbonyl (C=O) groups excluding carboxylic acids is 1. The fourth-order valence-corrected chi connectivity index (χ4v) is 4.27. The molecular formula is C22H24FN5OS. The molecule has 1 aliphatic heterocycles. The first-order valence-electron chi connectivity index (χ1n) is 9.99. The Labute approximate surface area is 179 Å². The number of aryl methyl sites for hydroxylation is 1. The highest BCUT2D eigenvalue weighted by Crippen LogP contribution is 2.28. The van der Waals surface area contributed by atoms with Gasteiger partial charge < -0.3 is 10.6 Å². The number of piperidine rings is 1. The molecule has 0 spiro atoms. The van der Waals surface area contributed by atoms with Crippen molar-refractivity contribution in [2.75, 3.05) is 30.3 Å². The van der Waals surface area contributed by atoms with Crippen LogP contribution in [0.15, 0.2) is 48.7 Å². The monoisotopic (exact) mass is 425 g/mol. The van der Waals surface area contributed by atoms with Crippen LogP contribution in [0.2, 0.25) is 0 Å². The van der Waals surface area contributed by atoms with E-state index in [2.05, 4.69) is 26.6 Å². The van der Waals surface area contributed by atoms with Gasteiger partial charge in [0.05, 0.1) is 6.54 Å². The quantitative estimate of drug-likeness (QED) is 0.606. The molecule has 1 fully saturated rings. The van der Waals surface area contributed by atoms with E-state index in [4.69, 9.17) is 4.98 Å². The van der Waals surface area contributed by atoms with Gasteiger partial charge in [-0.3, -0.25) is 9.69 Å². The van der Waals surface area contributed by atoms with Gasteiger partial charge in [-0.25, -0.2) is 14.4 Å². The summed E-state index contributed by atoms with van der Waals surface area (Å²) in [5.74, 6) is 0.789. The minimum atomic E-state index is -0.315. The summed E-state index contributed by atoms with van der Waals surface area (Å²) >= 11 is 1.61. The average Bonchev–Trinajstić information content (AvgIpc) is 3.15. The van der Waals surface area contributed by atoms with Crippen molar-refractivity contribution < 1.29 is 9.18 Å². The predicted octanol–water partition coefficient (Wildman–Crippen LogP) is 4.55. The standard InChI is InChI=1S/C22H24FN5OS/c1-15-13-24-22(30-15)27-20-4-2-3-19(26-20)16-9-11-28(12-10-16)14-21(29)25-18-7-5-17(23)6-8-18/h2-8,13,16H,9-12,14H2,1H3,(H,25,29)(H,24,26,27). The molecule has 30 heavy (non-hydrogen) atoms. The maximum Gasteiger partial charge on any atom is 0.238 e. The average molecular weight is 426 g/mol. The van der Waals surface area contributed by atoms with Crippen molar-refractivity contribution in [1.82, 2.24) is 14.9 Å². The number of rotatable bonds is 6. The van der Waals surface area contributed by atoms with Crippen LogP contribution in [0.3, 0.4) is 0 Å². The van der Waals surface area contributed by atoms with Crippen molar-refractivity contribution in [3.05, 3.63) is 65.0 Å². The molecular weight excluding hydrogens is 401 g/mol. The first-order valence-corrected chi connectivity index (χ1v) is 10.8. The van der Waals surface area contributed by atoms with Crippen LogP contribution in [0.4, 0.5) is 21.0 Å². The Balaban J connectivity index is 1.28. The summed E-state index contributed by atoms with van der Waals surface area (Å²) in [5.41, 5.74) is 1.68. The van der Waals surface area contributed by atoms with Crippen LogP contribution >= 0.6 is 11.3 Å². The van der Waals surface area contributed by atoms with Gasteiger partial charge in [0, 0.05) is 28.4 Å². The third kappa shape index (κ3) is 5.40. The number of hydrogen-bond acceptors (Lipinski definition) is 6. The van der Waals surface area contributed by atoms with Crippen LogP contribution in [0, 0.1) is 12.7 Å². The highest BCUT2D eigenvalue weighted by Gasteiger charge is 2.23. The topological polar surface area (TPSA) is 70.2 Å². The third-order valence-corrected chi connectivity index (χ3v) is 5.96. The summed E-state index contributed by atoms with van der Waals surface area (Å²) in [5, 5.41) is 6.94. The van der Waals surface area contributed by atoms with Gasteiger partial charge in [0.15, 0.2) is 5.13 Å². The van der Waals surface area contributed by atoms with E-state index >= 15 is 0 Å². The number of nitrogens with zero attached hydrogens (tertiary/aromatic N) is 3. The number of amides is 1. The number of nitrogens with one attached hydrogen (secondary N) is 2. The van der Waals surface area contributed by atoms with Crippen LogP contribution in [0.1, 0.15) is 29.3 Å². The van der Waals surface area contributed by atoms with Gasteiger partial charge in [-0.2, -0.15) is 0 Å². The molecule has 0 aliphatic carbocycles. The van der Waals surface area contributed by atoms with Gasteiger partial charge in [0.1, 0.15) is 11.6 Å². The Bertz CT molecular complexity index is 999. The van der Waals surface area contributed by atoms with E-state index in [1.165, 1.54) is 12.1 Å². The van der Waals surface area contributed by atoms with E-state index < -0.39 is 0 Å². The third-order valence-electron chi connectivity index (χ3n) is 5.13. The Morgan fingerprint density at radius 1 is 1.20 bits per heavy atom. The second-order valence-corrected chi connectivity index (χ2v) is 8.69. The van der Waals surface area contributed by atoms with Crippen LogP contribution in [-0.4, -0.2) is 40.4 Å². The van der Waals surface area contributed by atoms with E-state index in [0.29, 0.717) is 18.2 Å². The number of benzene rings is 1. The molecule has 2 N–H and O–H groups in total. The lowest BCUT2D eigenvalue weighted by molar-refractivity contribution is -0.117. The number of halogens is 1. The molecule has 0 unspecified atom stereocenters. The molecule has 0 atom stereocenters. The maximum absolute atomic E-state index is 13.0. The van der Waals surface area contributed by atoms with Gasteiger partial charge in [-0.05, 0) is 69.3 Å². The highest BCUT2D eigenvalue weighted by molar-refractivity contribution is 7.15. The van der Waals surface area contributed by atoms with Crippen molar-refractivity contribution in [1.29, 1.82) is 0 Å². The number of anilines is 3. The van der Waals surface area contributed by atoms with Crippen molar-refractivity contribution >= 4 is 33.9 Å². The van der Waals surface area contributed by atoms with Crippen LogP contribution < -0.4 is 10.6 Å². The largest absolute Gasteiger partial charge is 0.325 e. The summed E-state index contributed by atoms with van der Waals surface area (Å²) in [6, 6.07) is 11.9. The lowest BCUT2D eigenvalue weighted by atomic mass is 9.93. The number of pyridine rings is 1. The zero-order chi connectivity index (χ0) is 20.9. The van der Waals surface area contributed by atoms with Crippen molar-refractivity contribution in [2.45, 2.75) is 25.7 Å². The van der Waals surface area contributed by atoms with E-state index in [1.54, 1.807) is 23.5 Å². The fourth-order valence-electron chi connectivity index (χ4n) is 3.59. The summed E-state index contributed by atoms with van der Waals surface area (Å²) in [6.07, 6.45) is 3.76. The molecule has 156 valence electrons. The SMILES string of the molecule is Cc1cnc(Nc2cccc(C3CCN(CC(=O)Nc4ccc(F)cc4)CC3)n2)s1. The molecule has 1 saturated heterocycles. The molecule has 0 saturated carbocycles. The first kappa shape index (κ1) is 20.4. The maximum atomic E-state index is 13.0. The zero-order valence-corrected chi connectivity index (χ0v) is 17.6. The minimum absolute atomic E-state index is 0.0804. The molecule has 3 aromatic rings. The molecule has 4 rings (SSSR count). The Morgan fingerprint density at radius 3 is 2.67 bits per heavy atom. The van der Waals surface area contributed by atoms with E-state index in [-0.39, 0.29) is 11.7 Å². The molecule has 6 nitrogen and oxygen atoms in total. The minimum Gasteiger partial charge on any atom is -0.325 e. The number of carbonyl (C=O) groups is 1. The van der Waals surface area contributed by atoms with Gasteiger partial charge >= 0.3 is 0 Å². The van der Waals surface area contributed by atoms with Gasteiger partial charge in [-0.1, -0.05) is 6.07 Å². The molecule has 1 aromatic carbocycles. The molecule has 2 aromatic heterocycles. The summed E-state index contributed by atoms with van der Waals surface area (Å²) in [4.78, 5) is 24.7. The first-order chi connectivity index (χ1) is 14.5. The lowest BCUT2D eigenvalue weighted by Gasteiger charge is -2.31. The summed E-state index contributed by atoms with van der Waals surface area (Å²) in [6.45, 7) is 4.04. The molecule has 8 heteroatoms. The molecule has 1 aliphatic rings. The molecule has 0 bridgehead atoms. The normalized spacial score (nSPS) is 15.1. The van der Waals surface area contributed by atoms with E-state index in [0.717, 1.165) is 47.5 Å². The molecule has 1 amide bonds. The summed E-state index contributed by atoms with van der Waals surface area (Å²) < 4.78 is 13.0. The van der Waals surface area contributed by atoms with Crippen molar-refractivity contribution in [3.8, 4) is 0 Å². The number of likely N-dealkylation sites (tertiary alicyclic amines) is 1. The zero-order valence-electron chi connectivity index (χ0n) is 16.8. The van der Waals surface area contributed by atoms with Gasteiger partial charge in [0.25, 0.3) is 0 Å². The second-order valence-electron chi connectivity index (χ2n) is 7.45. The van der Waals surface area contributed by atoms with Crippen LogP contribution in [0.5, 0.6) is 0 Å². The van der Waals surface area contributed by atoms with Crippen LogP contribution in [-0.2, 0) is 4.79 Å². The Kier molecular flexibility index (Phi) is 6.35. The Morgan fingerprint density at radius 2 is 1.97 bits per heavy atom. The number of hydrogen-bond donors (Lipinski definition) is 2. The van der Waals surface area contributed by atoms with Crippen LogP contribution in [0.25, 0.3) is 0 Å². The lowest BCUT2D eigenvalue weighted by Crippen LogP contribution is -2.38. The Hall–Kier alpha value is -2.84.